The Bertz CT molecular complexity index is 2560. The van der Waals surface area contributed by atoms with E-state index >= 15 is 0 Å². The number of nitriles is 1. The number of hydrogen-bond donors (Lipinski definition) is 0. The molecule has 2 aliphatic carbocycles. The molecule has 3 atom stereocenters. The van der Waals surface area contributed by atoms with Crippen LogP contribution in [-0.4, -0.2) is 4.98 Å². The van der Waals surface area contributed by atoms with E-state index in [1.807, 2.05) is 36.4 Å². The average molecular weight is 631 g/mol. The summed E-state index contributed by atoms with van der Waals surface area (Å²) in [6.07, 6.45) is 12.3. The van der Waals surface area contributed by atoms with Crippen molar-refractivity contribution in [2.24, 2.45) is 5.92 Å². The van der Waals surface area contributed by atoms with Crippen LogP contribution in [0.1, 0.15) is 60.2 Å². The molecule has 7 aromatic rings. The van der Waals surface area contributed by atoms with Gasteiger partial charge in [-0.15, -0.1) is 0 Å². The molecule has 6 aromatic carbocycles. The summed E-state index contributed by atoms with van der Waals surface area (Å²) in [7, 11) is 0. The first kappa shape index (κ1) is 29.2. The zero-order chi connectivity index (χ0) is 33.1. The van der Waals surface area contributed by atoms with E-state index in [4.69, 9.17) is 9.40 Å². The number of fused-ring (bicyclic) bond motifs is 5. The number of nitrogens with zero attached hydrogens (tertiary/aromatic N) is 2. The Kier molecular flexibility index (Phi) is 6.92. The van der Waals surface area contributed by atoms with E-state index in [9.17, 15) is 5.26 Å². The van der Waals surface area contributed by atoms with Crippen LogP contribution in [0.15, 0.2) is 138 Å². The van der Waals surface area contributed by atoms with Crippen molar-refractivity contribution >= 4 is 44.3 Å². The molecule has 1 aromatic heterocycles. The standard InChI is InChI=1S/C46H34N2O/c1-28-10-9-15-39-38-13-5-6-14-40(38)43(26-42(28)39)33-24-30(27-47)23-32(25-33)35-20-21-41(37-12-4-3-11-36(35)37)34-19-18-31(22-29(34)2)46-48-44-16-7-8-17-45(44)49-46/h3-9,11-26,28-29,34H,10H2,1-2H3. The van der Waals surface area contributed by atoms with Crippen molar-refractivity contribution < 1.29 is 4.42 Å². The Labute approximate surface area is 286 Å². The second kappa shape index (κ2) is 11.6. The van der Waals surface area contributed by atoms with Crippen molar-refractivity contribution in [3.8, 4) is 28.3 Å². The maximum absolute atomic E-state index is 10.2. The third-order valence-electron chi connectivity index (χ3n) is 10.5. The zero-order valence-corrected chi connectivity index (χ0v) is 27.5. The van der Waals surface area contributed by atoms with Crippen LogP contribution in [0.5, 0.6) is 0 Å². The summed E-state index contributed by atoms with van der Waals surface area (Å²) in [6.45, 7) is 4.57. The molecule has 3 nitrogen and oxygen atoms in total. The highest BCUT2D eigenvalue weighted by molar-refractivity contribution is 6.04. The fourth-order valence-corrected chi connectivity index (χ4v) is 7.99. The highest BCUT2D eigenvalue weighted by Crippen LogP contribution is 2.44. The number of rotatable bonds is 4. The van der Waals surface area contributed by atoms with Gasteiger partial charge in [-0.2, -0.15) is 5.26 Å². The molecule has 9 rings (SSSR count). The van der Waals surface area contributed by atoms with Gasteiger partial charge in [-0.3, -0.25) is 0 Å². The molecule has 49 heavy (non-hydrogen) atoms. The number of allylic oxidation sites excluding steroid dienone is 5. The zero-order valence-electron chi connectivity index (χ0n) is 27.5. The third-order valence-corrected chi connectivity index (χ3v) is 10.5. The highest BCUT2D eigenvalue weighted by atomic mass is 16.3. The molecule has 0 amide bonds. The third kappa shape index (κ3) is 4.91. The van der Waals surface area contributed by atoms with Crippen LogP contribution in [0.3, 0.4) is 0 Å². The Morgan fingerprint density at radius 1 is 0.714 bits per heavy atom. The average Bonchev–Trinajstić information content (AvgIpc) is 3.59. The van der Waals surface area contributed by atoms with E-state index in [1.54, 1.807) is 0 Å². The van der Waals surface area contributed by atoms with Gasteiger partial charge in [0, 0.05) is 11.5 Å². The van der Waals surface area contributed by atoms with Crippen LogP contribution in [0, 0.1) is 17.2 Å². The van der Waals surface area contributed by atoms with Crippen LogP contribution < -0.4 is 0 Å². The first-order valence-corrected chi connectivity index (χ1v) is 17.1. The summed E-state index contributed by atoms with van der Waals surface area (Å²) in [4.78, 5) is 4.74. The fourth-order valence-electron chi connectivity index (χ4n) is 7.99. The van der Waals surface area contributed by atoms with Crippen molar-refractivity contribution in [1.82, 2.24) is 4.98 Å². The van der Waals surface area contributed by atoms with Gasteiger partial charge < -0.3 is 4.42 Å². The summed E-state index contributed by atoms with van der Waals surface area (Å²) in [5, 5.41) is 15.1. The SMILES string of the molecule is CC1CC=Cc2c1cc(-c1cc(C#N)cc(-c3ccc(C4C=CC(c5nc6ccccc6o5)=CC4C)c4ccccc34)c1)c1ccccc21. The van der Waals surface area contributed by atoms with E-state index in [0.29, 0.717) is 17.4 Å². The van der Waals surface area contributed by atoms with Gasteiger partial charge in [-0.05, 0) is 115 Å². The van der Waals surface area contributed by atoms with Crippen molar-refractivity contribution in [2.75, 3.05) is 0 Å². The lowest BCUT2D eigenvalue weighted by molar-refractivity contribution is 0.579. The van der Waals surface area contributed by atoms with Gasteiger partial charge in [0.2, 0.25) is 5.89 Å². The summed E-state index contributed by atoms with van der Waals surface area (Å²) in [5.41, 5.74) is 11.8. The van der Waals surface area contributed by atoms with E-state index in [-0.39, 0.29) is 11.8 Å². The highest BCUT2D eigenvalue weighted by Gasteiger charge is 2.24. The lowest BCUT2D eigenvalue weighted by Gasteiger charge is -2.25. The van der Waals surface area contributed by atoms with E-state index in [1.165, 1.54) is 43.8 Å². The molecule has 0 spiro atoms. The minimum atomic E-state index is 0.200. The van der Waals surface area contributed by atoms with Crippen molar-refractivity contribution in [2.45, 2.75) is 32.1 Å². The smallest absolute Gasteiger partial charge is 0.226 e. The number of benzene rings is 6. The largest absolute Gasteiger partial charge is 0.436 e. The normalized spacial score (nSPS) is 18.5. The Hall–Kier alpha value is -5.98. The number of hydrogen-bond acceptors (Lipinski definition) is 3. The van der Waals surface area contributed by atoms with E-state index in [0.717, 1.165) is 39.8 Å². The quantitative estimate of drug-likeness (QED) is 0.194. The molecule has 0 radical (unpaired) electrons. The Balaban J connectivity index is 1.14. The minimum absolute atomic E-state index is 0.200. The molecule has 3 heteroatoms. The van der Waals surface area contributed by atoms with Crippen LogP contribution >= 0.6 is 0 Å². The van der Waals surface area contributed by atoms with Crippen LogP contribution in [0.4, 0.5) is 0 Å². The predicted octanol–water partition coefficient (Wildman–Crippen LogP) is 12.2. The first-order valence-electron chi connectivity index (χ1n) is 17.1. The summed E-state index contributed by atoms with van der Waals surface area (Å²) in [5.74, 6) is 1.54. The minimum Gasteiger partial charge on any atom is -0.436 e. The lowest BCUT2D eigenvalue weighted by Crippen LogP contribution is -2.10. The van der Waals surface area contributed by atoms with Crippen LogP contribution in [0.2, 0.25) is 0 Å². The van der Waals surface area contributed by atoms with Gasteiger partial charge in [0.15, 0.2) is 5.58 Å². The molecule has 0 bridgehead atoms. The molecular weight excluding hydrogens is 597 g/mol. The Morgan fingerprint density at radius 3 is 2.20 bits per heavy atom. The van der Waals surface area contributed by atoms with Crippen molar-refractivity contribution in [1.29, 1.82) is 5.26 Å². The molecule has 2 aliphatic rings. The van der Waals surface area contributed by atoms with Gasteiger partial charge in [0.25, 0.3) is 0 Å². The maximum atomic E-state index is 10.2. The molecule has 0 N–H and O–H groups in total. The topological polar surface area (TPSA) is 49.8 Å². The summed E-state index contributed by atoms with van der Waals surface area (Å²) < 4.78 is 6.09. The second-order valence-electron chi connectivity index (χ2n) is 13.5. The van der Waals surface area contributed by atoms with Gasteiger partial charge >= 0.3 is 0 Å². The maximum Gasteiger partial charge on any atom is 0.226 e. The molecule has 234 valence electrons. The number of oxazole rings is 1. The monoisotopic (exact) mass is 630 g/mol. The van der Waals surface area contributed by atoms with Crippen LogP contribution in [-0.2, 0) is 0 Å². The van der Waals surface area contributed by atoms with Gasteiger partial charge in [0.05, 0.1) is 11.6 Å². The summed E-state index contributed by atoms with van der Waals surface area (Å²) >= 11 is 0. The summed E-state index contributed by atoms with van der Waals surface area (Å²) in [6, 6.07) is 41.0. The second-order valence-corrected chi connectivity index (χ2v) is 13.5. The van der Waals surface area contributed by atoms with Gasteiger partial charge in [0.1, 0.15) is 5.52 Å². The first-order chi connectivity index (χ1) is 24.1. The van der Waals surface area contributed by atoms with Gasteiger partial charge in [-0.25, -0.2) is 4.98 Å². The molecule has 1 heterocycles. The van der Waals surface area contributed by atoms with Crippen LogP contribution in [0.25, 0.3) is 66.5 Å². The molecule has 0 aliphatic heterocycles. The number of para-hydroxylation sites is 2. The van der Waals surface area contributed by atoms with Crippen molar-refractivity contribution in [3.05, 3.63) is 162 Å². The fraction of sp³-hybridized carbons (Fsp3) is 0.130. The predicted molar refractivity (Wildman–Crippen MR) is 202 cm³/mol. The molecule has 0 saturated carbocycles. The van der Waals surface area contributed by atoms with Gasteiger partial charge in [-0.1, -0.05) is 117 Å². The molecule has 3 unspecified atom stereocenters. The van der Waals surface area contributed by atoms with E-state index in [2.05, 4.69) is 123 Å². The lowest BCUT2D eigenvalue weighted by atomic mass is 9.79. The van der Waals surface area contributed by atoms with E-state index < -0.39 is 0 Å². The Morgan fingerprint density at radius 2 is 1.43 bits per heavy atom. The number of aromatic nitrogens is 1. The molecule has 0 fully saturated rings. The molecule has 0 saturated heterocycles. The van der Waals surface area contributed by atoms with Crippen molar-refractivity contribution in [3.63, 3.8) is 0 Å². The molecular formula is C46H34N2O.